The van der Waals surface area contributed by atoms with Crippen molar-refractivity contribution >= 4 is 42.0 Å². The van der Waals surface area contributed by atoms with Crippen LogP contribution in [0.15, 0.2) is 109 Å². The average Bonchev–Trinajstić information content (AvgIpc) is 3.72. The van der Waals surface area contributed by atoms with Gasteiger partial charge in [0.2, 0.25) is 0 Å². The van der Waals surface area contributed by atoms with Gasteiger partial charge in [-0.2, -0.15) is 18.2 Å². The van der Waals surface area contributed by atoms with E-state index in [0.717, 1.165) is 11.1 Å². The van der Waals surface area contributed by atoms with Crippen LogP contribution in [0.2, 0.25) is 0 Å². The van der Waals surface area contributed by atoms with Crippen LogP contribution in [0.25, 0.3) is 21.5 Å². The van der Waals surface area contributed by atoms with E-state index in [1.54, 1.807) is 0 Å². The summed E-state index contributed by atoms with van der Waals surface area (Å²) in [5, 5.41) is 5.57. The Bertz CT molecular complexity index is 1960. The smallest absolute Gasteiger partial charge is 0.172 e. The Labute approximate surface area is 330 Å². The second kappa shape index (κ2) is 16.4. The standard InChI is InChI=1S/C29H41.C15H14.C5H5.2ClH.Hf/c1-26(2,3)22-14-18-13-19-15-23(27(4,5)6)25(29(10,11)12)17-21(19)20(18)16-24(22)28(7,8)9;1-12-3-7-14(8-4-12)11-15-9-5-13(2)6-10-15;1-2-4-5-3-1;;;/h13-17H,1-12H3;3-10H,1-2H3;1-5H;2*1H;/q-1;;-1;;;+2/p-2. The number of rotatable bonds is 2. The van der Waals surface area contributed by atoms with Crippen molar-refractivity contribution in [1.82, 2.24) is 0 Å². The molecule has 0 bridgehead atoms. The second-order valence-corrected chi connectivity index (χ2v) is 29.9. The molecule has 0 nitrogen and oxygen atoms in total. The first-order valence-corrected chi connectivity index (χ1v) is 29.3. The summed E-state index contributed by atoms with van der Waals surface area (Å²) in [5.41, 5.74) is 11.2. The summed E-state index contributed by atoms with van der Waals surface area (Å²) in [5.74, 6) is 0. The van der Waals surface area contributed by atoms with Crippen LogP contribution in [0.4, 0.5) is 0 Å². The van der Waals surface area contributed by atoms with Crippen molar-refractivity contribution in [2.45, 2.75) is 119 Å². The zero-order chi connectivity index (χ0) is 38.8. The fourth-order valence-corrected chi connectivity index (χ4v) is 13.1. The number of aryl methyl sites for hydroxylation is 2. The van der Waals surface area contributed by atoms with Crippen molar-refractivity contribution in [3.63, 3.8) is 0 Å². The molecule has 0 spiro atoms. The largest absolute Gasteiger partial charge is 0.214 e. The zero-order valence-corrected chi connectivity index (χ0v) is 39.3. The van der Waals surface area contributed by atoms with Gasteiger partial charge in [0.15, 0.2) is 0 Å². The van der Waals surface area contributed by atoms with Gasteiger partial charge in [-0.05, 0) is 21.7 Å². The van der Waals surface area contributed by atoms with Crippen molar-refractivity contribution in [2.75, 3.05) is 0 Å². The van der Waals surface area contributed by atoms with Gasteiger partial charge in [-0.3, -0.25) is 0 Å². The Morgan fingerprint density at radius 1 is 0.481 bits per heavy atom. The predicted molar refractivity (Wildman–Crippen MR) is 231 cm³/mol. The van der Waals surface area contributed by atoms with Gasteiger partial charge in [0.05, 0.1) is 0 Å². The monoisotopic (exact) mass is 898 g/mol. The van der Waals surface area contributed by atoms with Crippen LogP contribution >= 0.6 is 17.2 Å². The molecule has 0 aliphatic carbocycles. The van der Waals surface area contributed by atoms with E-state index < -0.39 is 18.6 Å². The molecule has 0 aliphatic heterocycles. The summed E-state index contributed by atoms with van der Waals surface area (Å²) in [7, 11) is 12.7. The fraction of sp³-hybridized carbons (Fsp3) is 0.367. The molecular weight excluding hydrogens is 838 g/mol. The van der Waals surface area contributed by atoms with E-state index in [1.807, 2.05) is 30.3 Å². The molecule has 0 saturated carbocycles. The van der Waals surface area contributed by atoms with Crippen LogP contribution in [0.3, 0.4) is 0 Å². The second-order valence-electron chi connectivity index (χ2n) is 18.4. The molecule has 0 fully saturated rings. The third-order valence-corrected chi connectivity index (χ3v) is 16.2. The maximum Gasteiger partial charge on any atom is -0.172 e. The Hall–Kier alpha value is -2.58. The van der Waals surface area contributed by atoms with E-state index in [2.05, 4.69) is 176 Å². The number of hydrogen-bond acceptors (Lipinski definition) is 0. The van der Waals surface area contributed by atoms with E-state index in [4.69, 9.17) is 17.2 Å². The summed E-state index contributed by atoms with van der Waals surface area (Å²) in [6.07, 6.45) is 0. The molecule has 0 saturated heterocycles. The molecule has 52 heavy (non-hydrogen) atoms. The first kappa shape index (κ1) is 42.2. The molecule has 0 N–H and O–H groups in total. The number of benzene rings is 4. The van der Waals surface area contributed by atoms with Gasteiger partial charge in [0.25, 0.3) is 0 Å². The van der Waals surface area contributed by atoms with Crippen LogP contribution < -0.4 is 0 Å². The average molecular weight is 898 g/mol. The van der Waals surface area contributed by atoms with Crippen molar-refractivity contribution in [1.29, 1.82) is 0 Å². The van der Waals surface area contributed by atoms with Crippen LogP contribution in [0, 0.1) is 13.8 Å². The Balaban J connectivity index is 0.000000221. The van der Waals surface area contributed by atoms with Gasteiger partial charge in [-0.15, -0.1) is 39.7 Å². The van der Waals surface area contributed by atoms with Gasteiger partial charge in [0, 0.05) is 0 Å². The van der Waals surface area contributed by atoms with Gasteiger partial charge in [-0.1, -0.05) is 117 Å². The third kappa shape index (κ3) is 10.5. The summed E-state index contributed by atoms with van der Waals surface area (Å²) < 4.78 is 1.17. The number of halogens is 2. The summed E-state index contributed by atoms with van der Waals surface area (Å²) in [6, 6.07) is 39.2. The minimum atomic E-state index is -2.64. The van der Waals surface area contributed by atoms with Gasteiger partial charge in [-0.25, -0.2) is 12.1 Å². The molecule has 0 amide bonds. The van der Waals surface area contributed by atoms with Gasteiger partial charge >= 0.3 is 124 Å². The van der Waals surface area contributed by atoms with Gasteiger partial charge < -0.3 is 0 Å². The number of hydrogen-bond donors (Lipinski definition) is 0. The minimum absolute atomic E-state index is 0.124. The Kier molecular flexibility index (Phi) is 13.3. The topological polar surface area (TPSA) is 0 Å². The van der Waals surface area contributed by atoms with Crippen molar-refractivity contribution in [3.05, 3.63) is 154 Å². The molecule has 0 heterocycles. The molecule has 0 aromatic heterocycles. The van der Waals surface area contributed by atoms with Crippen molar-refractivity contribution < 1.29 is 18.6 Å². The van der Waals surface area contributed by atoms with Crippen LogP contribution in [0.5, 0.6) is 0 Å². The molecule has 6 rings (SSSR count). The summed E-state index contributed by atoms with van der Waals surface area (Å²) in [6.45, 7) is 32.2. The first-order chi connectivity index (χ1) is 24.0. The van der Waals surface area contributed by atoms with E-state index in [-0.39, 0.29) is 21.7 Å². The molecule has 3 heteroatoms. The maximum atomic E-state index is 6.33. The van der Waals surface area contributed by atoms with Gasteiger partial charge in [0.1, 0.15) is 0 Å². The number of fused-ring (bicyclic) bond motifs is 3. The fourth-order valence-electron chi connectivity index (χ4n) is 6.73. The molecule has 0 radical (unpaired) electrons. The molecule has 276 valence electrons. The normalized spacial score (nSPS) is 12.2. The molecule has 6 aromatic carbocycles. The van der Waals surface area contributed by atoms with Crippen LogP contribution in [0.1, 0.15) is 128 Å². The van der Waals surface area contributed by atoms with E-state index in [0.29, 0.717) is 0 Å². The quantitative estimate of drug-likeness (QED) is 0.120. The molecule has 6 aromatic rings. The molecule has 0 atom stereocenters. The van der Waals surface area contributed by atoms with Crippen molar-refractivity contribution in [2.24, 2.45) is 0 Å². The molecule has 0 unspecified atom stereocenters. The minimum Gasteiger partial charge on any atom is -0.214 e. The van der Waals surface area contributed by atoms with Crippen LogP contribution in [-0.2, 0) is 40.2 Å². The maximum absolute atomic E-state index is 6.33. The van der Waals surface area contributed by atoms with Crippen LogP contribution in [-0.4, -0.2) is 3.26 Å². The van der Waals surface area contributed by atoms with E-state index in [1.165, 1.54) is 58.2 Å². The first-order valence-electron chi connectivity index (χ1n) is 18.6. The Morgan fingerprint density at radius 3 is 1.04 bits per heavy atom. The summed E-state index contributed by atoms with van der Waals surface area (Å²) >= 11 is -2.64. The molecule has 0 aliphatic rings. The Morgan fingerprint density at radius 2 is 0.788 bits per heavy atom. The third-order valence-electron chi connectivity index (χ3n) is 9.64. The van der Waals surface area contributed by atoms with E-state index >= 15 is 0 Å². The predicted octanol–water partition coefficient (Wildman–Crippen LogP) is 15.1. The zero-order valence-electron chi connectivity index (χ0n) is 34.1. The summed E-state index contributed by atoms with van der Waals surface area (Å²) in [4.78, 5) is 0. The SMILES string of the molecule is CC(C)(C)c1cc2[cH-]c3cc(C(C)(C)C)c(C(C)(C)C)cc3c2cc1C(C)(C)C.Cc1ccc([C](c2ccc(C)cc2)=[Hf]([Cl])[Cl])cc1.c1cc[cH-]c1. The van der Waals surface area contributed by atoms with Crippen molar-refractivity contribution in [3.8, 4) is 0 Å². The molecular formula is C49H60Cl2Hf-2. The van der Waals surface area contributed by atoms with E-state index in [9.17, 15) is 0 Å².